The number of methoxy groups -OCH3 is 1. The Bertz CT molecular complexity index is 584. The summed E-state index contributed by atoms with van der Waals surface area (Å²) in [6.07, 6.45) is -3.00. The number of ether oxygens (including phenoxy) is 2. The summed E-state index contributed by atoms with van der Waals surface area (Å²) >= 11 is 0. The Hall–Kier alpha value is -1.67. The van der Waals surface area contributed by atoms with Crippen LogP contribution in [-0.4, -0.2) is 38.4 Å². The summed E-state index contributed by atoms with van der Waals surface area (Å²) in [4.78, 5) is 12.3. The highest BCUT2D eigenvalue weighted by Crippen LogP contribution is 2.32. The SMILES string of the molecule is COc1ccc(NC(=O)[C@H]2CCN[C@@H](C)C2)cc1OCC(F)(F)F.Cl. The number of hydrogen-bond donors (Lipinski definition) is 2. The van der Waals surface area contributed by atoms with E-state index in [4.69, 9.17) is 9.47 Å². The van der Waals surface area contributed by atoms with Gasteiger partial charge in [0.05, 0.1) is 7.11 Å². The van der Waals surface area contributed by atoms with E-state index in [0.717, 1.165) is 19.4 Å². The molecule has 0 spiro atoms. The molecule has 0 saturated carbocycles. The van der Waals surface area contributed by atoms with Gasteiger partial charge < -0.3 is 20.1 Å². The van der Waals surface area contributed by atoms with Crippen LogP contribution in [0.15, 0.2) is 18.2 Å². The van der Waals surface area contributed by atoms with Gasteiger partial charge in [-0.15, -0.1) is 12.4 Å². The van der Waals surface area contributed by atoms with E-state index in [1.807, 2.05) is 6.92 Å². The zero-order valence-corrected chi connectivity index (χ0v) is 14.8. The maximum atomic E-state index is 12.3. The zero-order chi connectivity index (χ0) is 17.7. The summed E-state index contributed by atoms with van der Waals surface area (Å²) in [6.45, 7) is 1.35. The lowest BCUT2D eigenvalue weighted by molar-refractivity contribution is -0.153. The third-order valence-electron chi connectivity index (χ3n) is 3.82. The Morgan fingerprint density at radius 3 is 2.68 bits per heavy atom. The average Bonchev–Trinajstić information content (AvgIpc) is 2.52. The number of anilines is 1. The number of alkyl halides is 3. The summed E-state index contributed by atoms with van der Waals surface area (Å²) in [5, 5.41) is 6.00. The van der Waals surface area contributed by atoms with Crippen LogP contribution in [0, 0.1) is 5.92 Å². The fourth-order valence-corrected chi connectivity index (χ4v) is 2.64. The first-order chi connectivity index (χ1) is 11.3. The van der Waals surface area contributed by atoms with Gasteiger partial charge in [-0.25, -0.2) is 0 Å². The van der Waals surface area contributed by atoms with Crippen molar-refractivity contribution in [3.8, 4) is 11.5 Å². The van der Waals surface area contributed by atoms with Crippen molar-refractivity contribution in [2.24, 2.45) is 5.92 Å². The van der Waals surface area contributed by atoms with Crippen LogP contribution in [-0.2, 0) is 4.79 Å². The van der Waals surface area contributed by atoms with Crippen molar-refractivity contribution in [2.45, 2.75) is 32.0 Å². The highest BCUT2D eigenvalue weighted by atomic mass is 35.5. The van der Waals surface area contributed by atoms with E-state index < -0.39 is 12.8 Å². The van der Waals surface area contributed by atoms with Crippen molar-refractivity contribution < 1.29 is 27.4 Å². The molecule has 25 heavy (non-hydrogen) atoms. The van der Waals surface area contributed by atoms with Crippen molar-refractivity contribution in [1.29, 1.82) is 0 Å². The first-order valence-electron chi connectivity index (χ1n) is 7.70. The van der Waals surface area contributed by atoms with Crippen LogP contribution in [0.5, 0.6) is 11.5 Å². The van der Waals surface area contributed by atoms with Crippen LogP contribution >= 0.6 is 12.4 Å². The lowest BCUT2D eigenvalue weighted by atomic mass is 9.92. The lowest BCUT2D eigenvalue weighted by Gasteiger charge is -2.27. The second-order valence-corrected chi connectivity index (χ2v) is 5.84. The number of rotatable bonds is 5. The minimum atomic E-state index is -4.45. The predicted molar refractivity (Wildman–Crippen MR) is 90.6 cm³/mol. The fourth-order valence-electron chi connectivity index (χ4n) is 2.64. The van der Waals surface area contributed by atoms with Gasteiger partial charge in [-0.1, -0.05) is 0 Å². The molecule has 0 unspecified atom stereocenters. The van der Waals surface area contributed by atoms with E-state index in [-0.39, 0.29) is 41.8 Å². The molecule has 2 atom stereocenters. The standard InChI is InChI=1S/C16H21F3N2O3.ClH/c1-10-7-11(5-6-20-10)15(22)21-12-3-4-13(23-2)14(8-12)24-9-16(17,18)19;/h3-4,8,10-11,20H,5-7,9H2,1-2H3,(H,21,22);1H/t10-,11-;/m0./s1. The molecule has 9 heteroatoms. The van der Waals surface area contributed by atoms with Crippen LogP contribution in [0.25, 0.3) is 0 Å². The lowest BCUT2D eigenvalue weighted by Crippen LogP contribution is -2.40. The van der Waals surface area contributed by atoms with Gasteiger partial charge in [0.2, 0.25) is 5.91 Å². The smallest absolute Gasteiger partial charge is 0.422 e. The van der Waals surface area contributed by atoms with Gasteiger partial charge in [-0.2, -0.15) is 13.2 Å². The molecule has 2 rings (SSSR count). The van der Waals surface area contributed by atoms with E-state index in [2.05, 4.69) is 10.6 Å². The Morgan fingerprint density at radius 2 is 2.08 bits per heavy atom. The predicted octanol–water partition coefficient (Wildman–Crippen LogP) is 3.38. The molecule has 1 heterocycles. The number of hydrogen-bond acceptors (Lipinski definition) is 4. The maximum Gasteiger partial charge on any atom is 0.422 e. The van der Waals surface area contributed by atoms with Crippen molar-refractivity contribution in [3.05, 3.63) is 18.2 Å². The third kappa shape index (κ3) is 6.62. The second kappa shape index (κ2) is 9.15. The Labute approximate surface area is 150 Å². The Kier molecular flexibility index (Phi) is 7.82. The molecule has 0 bridgehead atoms. The number of nitrogens with one attached hydrogen (secondary N) is 2. The zero-order valence-electron chi connectivity index (χ0n) is 14.0. The van der Waals surface area contributed by atoms with Crippen molar-refractivity contribution >= 4 is 24.0 Å². The minimum Gasteiger partial charge on any atom is -0.493 e. The molecule has 0 aliphatic carbocycles. The summed E-state index contributed by atoms with van der Waals surface area (Å²) in [7, 11) is 1.34. The van der Waals surface area contributed by atoms with E-state index >= 15 is 0 Å². The molecule has 1 aliphatic heterocycles. The molecular formula is C16H22ClF3N2O3. The molecule has 1 saturated heterocycles. The monoisotopic (exact) mass is 382 g/mol. The first kappa shape index (κ1) is 21.4. The molecule has 1 fully saturated rings. The highest BCUT2D eigenvalue weighted by Gasteiger charge is 2.29. The average molecular weight is 383 g/mol. The van der Waals surface area contributed by atoms with Gasteiger partial charge in [0.15, 0.2) is 18.1 Å². The molecule has 0 radical (unpaired) electrons. The minimum absolute atomic E-state index is 0. The van der Waals surface area contributed by atoms with Gasteiger partial charge >= 0.3 is 6.18 Å². The molecule has 0 aromatic heterocycles. The third-order valence-corrected chi connectivity index (χ3v) is 3.82. The second-order valence-electron chi connectivity index (χ2n) is 5.84. The topological polar surface area (TPSA) is 59.6 Å². The summed E-state index contributed by atoms with van der Waals surface area (Å²) in [5.41, 5.74) is 0.379. The van der Waals surface area contributed by atoms with Gasteiger partial charge in [-0.3, -0.25) is 4.79 Å². The molecule has 1 aromatic carbocycles. The van der Waals surface area contributed by atoms with Crippen molar-refractivity contribution in [3.63, 3.8) is 0 Å². The summed E-state index contributed by atoms with van der Waals surface area (Å²) in [5.74, 6) is -0.155. The molecule has 1 aliphatic rings. The maximum absolute atomic E-state index is 12.3. The van der Waals surface area contributed by atoms with Gasteiger partial charge in [0.1, 0.15) is 0 Å². The number of halogens is 4. The molecule has 1 aromatic rings. The molecule has 142 valence electrons. The van der Waals surface area contributed by atoms with Crippen molar-refractivity contribution in [2.75, 3.05) is 25.6 Å². The van der Waals surface area contributed by atoms with Crippen LogP contribution in [0.1, 0.15) is 19.8 Å². The summed E-state index contributed by atoms with van der Waals surface area (Å²) in [6, 6.07) is 4.64. The fraction of sp³-hybridized carbons (Fsp3) is 0.562. The van der Waals surface area contributed by atoms with Crippen molar-refractivity contribution in [1.82, 2.24) is 5.32 Å². The quantitative estimate of drug-likeness (QED) is 0.819. The Morgan fingerprint density at radius 1 is 1.36 bits per heavy atom. The van der Waals surface area contributed by atoms with Gasteiger partial charge in [-0.05, 0) is 38.4 Å². The van der Waals surface area contributed by atoms with Crippen LogP contribution in [0.4, 0.5) is 18.9 Å². The van der Waals surface area contributed by atoms with Crippen LogP contribution in [0.3, 0.4) is 0 Å². The van der Waals surface area contributed by atoms with E-state index in [9.17, 15) is 18.0 Å². The molecule has 1 amide bonds. The molecular weight excluding hydrogens is 361 g/mol. The molecule has 2 N–H and O–H groups in total. The van der Waals surface area contributed by atoms with Gasteiger partial charge in [0.25, 0.3) is 0 Å². The number of carbonyl (C=O) groups excluding carboxylic acids is 1. The van der Waals surface area contributed by atoms with Gasteiger partial charge in [0, 0.05) is 23.7 Å². The van der Waals surface area contributed by atoms with E-state index in [1.54, 1.807) is 6.07 Å². The number of benzene rings is 1. The number of amides is 1. The first-order valence-corrected chi connectivity index (χ1v) is 7.70. The largest absolute Gasteiger partial charge is 0.493 e. The number of piperidine rings is 1. The van der Waals surface area contributed by atoms with E-state index in [0.29, 0.717) is 5.69 Å². The Balaban J connectivity index is 0.00000312. The van der Waals surface area contributed by atoms with Crippen LogP contribution in [0.2, 0.25) is 0 Å². The normalized spacial score (nSPS) is 20.4. The highest BCUT2D eigenvalue weighted by molar-refractivity contribution is 5.93. The molecule has 5 nitrogen and oxygen atoms in total. The number of carbonyl (C=O) groups is 1. The summed E-state index contributed by atoms with van der Waals surface area (Å²) < 4.78 is 46.7. The van der Waals surface area contributed by atoms with Crippen LogP contribution < -0.4 is 20.1 Å². The van der Waals surface area contributed by atoms with E-state index in [1.165, 1.54) is 19.2 Å².